The molecule has 0 amide bonds. The first-order chi connectivity index (χ1) is 13.3. The summed E-state index contributed by atoms with van der Waals surface area (Å²) in [5.41, 5.74) is 5.62. The van der Waals surface area contributed by atoms with Crippen LogP contribution in [0.3, 0.4) is 0 Å². The van der Waals surface area contributed by atoms with Gasteiger partial charge in [-0.25, -0.2) is 4.98 Å². The highest BCUT2D eigenvalue weighted by Crippen LogP contribution is 2.36. The maximum atomic E-state index is 10.5. The summed E-state index contributed by atoms with van der Waals surface area (Å²) in [6.45, 7) is 0.727. The summed E-state index contributed by atoms with van der Waals surface area (Å²) in [5, 5.41) is 13.7. The molecule has 27 heavy (non-hydrogen) atoms. The predicted molar refractivity (Wildman–Crippen MR) is 108 cm³/mol. The lowest BCUT2D eigenvalue weighted by Gasteiger charge is -2.29. The lowest BCUT2D eigenvalue weighted by atomic mass is 9.83. The van der Waals surface area contributed by atoms with Gasteiger partial charge in [-0.1, -0.05) is 43.5 Å². The van der Waals surface area contributed by atoms with Crippen LogP contribution >= 0.6 is 0 Å². The second-order valence-corrected chi connectivity index (χ2v) is 7.81. The number of rotatable bonds is 3. The molecule has 2 atom stereocenters. The zero-order valence-electron chi connectivity index (χ0n) is 15.4. The molecule has 2 fully saturated rings. The van der Waals surface area contributed by atoms with Crippen molar-refractivity contribution >= 4 is 16.7 Å². The number of H-pyrrole nitrogens is 1. The largest absolute Gasteiger partial charge is 0.361 e. The summed E-state index contributed by atoms with van der Waals surface area (Å²) < 4.78 is 0. The molecule has 1 aromatic heterocycles. The number of aromatic nitrogens is 2. The molecule has 1 aliphatic heterocycles. The van der Waals surface area contributed by atoms with E-state index in [2.05, 4.69) is 50.5 Å². The number of aliphatic hydroxyl groups is 1. The first-order valence-corrected chi connectivity index (χ1v) is 10.0. The Bertz CT molecular complexity index is 913. The van der Waals surface area contributed by atoms with Crippen molar-refractivity contribution in [1.29, 1.82) is 0 Å². The minimum Gasteiger partial charge on any atom is -0.361 e. The SMILES string of the molecule is OC1NCC(c2ccc(C3CCCCC3)cc2)N1c1ccc2nc[nH]c2c1. The van der Waals surface area contributed by atoms with Gasteiger partial charge in [0.15, 0.2) is 6.35 Å². The zero-order chi connectivity index (χ0) is 18.2. The molecule has 5 nitrogen and oxygen atoms in total. The lowest BCUT2D eigenvalue weighted by Crippen LogP contribution is -2.36. The van der Waals surface area contributed by atoms with Crippen molar-refractivity contribution in [3.05, 3.63) is 59.9 Å². The molecular weight excluding hydrogens is 336 g/mol. The Morgan fingerprint density at radius 3 is 2.56 bits per heavy atom. The molecule has 2 unspecified atom stereocenters. The summed E-state index contributed by atoms with van der Waals surface area (Å²) in [6.07, 6.45) is 7.75. The van der Waals surface area contributed by atoms with Gasteiger partial charge in [-0.3, -0.25) is 5.32 Å². The molecule has 5 heteroatoms. The van der Waals surface area contributed by atoms with Gasteiger partial charge in [0.25, 0.3) is 0 Å². The van der Waals surface area contributed by atoms with Crippen LogP contribution in [-0.4, -0.2) is 28.0 Å². The van der Waals surface area contributed by atoms with Crippen molar-refractivity contribution in [2.75, 3.05) is 11.4 Å². The molecule has 3 aromatic rings. The third kappa shape index (κ3) is 3.11. The molecule has 5 rings (SSSR count). The fourth-order valence-electron chi connectivity index (χ4n) is 4.69. The number of imidazole rings is 1. The van der Waals surface area contributed by atoms with E-state index >= 15 is 0 Å². The maximum Gasteiger partial charge on any atom is 0.184 e. The average Bonchev–Trinajstić information content (AvgIpc) is 3.34. The summed E-state index contributed by atoms with van der Waals surface area (Å²) in [6, 6.07) is 15.3. The van der Waals surface area contributed by atoms with Crippen LogP contribution in [-0.2, 0) is 0 Å². The van der Waals surface area contributed by atoms with Gasteiger partial charge in [0.2, 0.25) is 0 Å². The third-order valence-electron chi connectivity index (χ3n) is 6.19. The van der Waals surface area contributed by atoms with Gasteiger partial charge in [0, 0.05) is 12.2 Å². The smallest absolute Gasteiger partial charge is 0.184 e. The van der Waals surface area contributed by atoms with Crippen LogP contribution in [0.2, 0.25) is 0 Å². The Morgan fingerprint density at radius 2 is 1.74 bits per heavy atom. The molecule has 0 radical (unpaired) electrons. The highest BCUT2D eigenvalue weighted by Gasteiger charge is 2.33. The number of nitrogens with one attached hydrogen (secondary N) is 2. The molecule has 3 N–H and O–H groups in total. The van der Waals surface area contributed by atoms with Gasteiger partial charge in [-0.15, -0.1) is 0 Å². The average molecular weight is 362 g/mol. The van der Waals surface area contributed by atoms with E-state index in [-0.39, 0.29) is 6.04 Å². The number of nitrogens with zero attached hydrogens (tertiary/aromatic N) is 2. The number of hydrogen-bond donors (Lipinski definition) is 3. The van der Waals surface area contributed by atoms with Gasteiger partial charge in [-0.05, 0) is 48.1 Å². The third-order valence-corrected chi connectivity index (χ3v) is 6.19. The summed E-state index contributed by atoms with van der Waals surface area (Å²) in [5.74, 6) is 0.721. The van der Waals surface area contributed by atoms with E-state index in [0.717, 1.165) is 29.2 Å². The first-order valence-electron chi connectivity index (χ1n) is 10.0. The Kier molecular flexibility index (Phi) is 4.34. The topological polar surface area (TPSA) is 64.2 Å². The van der Waals surface area contributed by atoms with Crippen LogP contribution in [0.4, 0.5) is 5.69 Å². The second-order valence-electron chi connectivity index (χ2n) is 7.81. The molecule has 1 saturated carbocycles. The van der Waals surface area contributed by atoms with Gasteiger partial charge in [0.05, 0.1) is 23.4 Å². The quantitative estimate of drug-likeness (QED) is 0.658. The molecule has 0 spiro atoms. The molecule has 0 bridgehead atoms. The van der Waals surface area contributed by atoms with Gasteiger partial charge in [0.1, 0.15) is 0 Å². The number of fused-ring (bicyclic) bond motifs is 1. The predicted octanol–water partition coefficient (Wildman–Crippen LogP) is 4.04. The van der Waals surface area contributed by atoms with Gasteiger partial charge >= 0.3 is 0 Å². The van der Waals surface area contributed by atoms with Crippen molar-refractivity contribution < 1.29 is 5.11 Å². The number of benzene rings is 2. The Morgan fingerprint density at radius 1 is 0.963 bits per heavy atom. The van der Waals surface area contributed by atoms with Crippen LogP contribution in [0.1, 0.15) is 55.2 Å². The second kappa shape index (κ2) is 6.98. The standard InChI is InChI=1S/C22H26N4O/c27-22-23-13-21(26(22)18-10-11-19-20(12-18)25-14-24-19)17-8-6-16(7-9-17)15-4-2-1-3-5-15/h6-12,14-15,21-23,27H,1-5,13H2,(H,24,25). The Hall–Kier alpha value is -2.37. The molecule has 1 saturated heterocycles. The highest BCUT2D eigenvalue weighted by molar-refractivity contribution is 5.79. The summed E-state index contributed by atoms with van der Waals surface area (Å²) in [7, 11) is 0. The Labute approximate surface area is 159 Å². The molecule has 140 valence electrons. The van der Waals surface area contributed by atoms with Crippen molar-refractivity contribution in [1.82, 2.24) is 15.3 Å². The van der Waals surface area contributed by atoms with Crippen molar-refractivity contribution in [3.8, 4) is 0 Å². The molecule has 2 aromatic carbocycles. The van der Waals surface area contributed by atoms with Crippen molar-refractivity contribution in [2.45, 2.75) is 50.4 Å². The fraction of sp³-hybridized carbons (Fsp3) is 0.409. The minimum atomic E-state index is -0.687. The molecular formula is C22H26N4O. The normalized spacial score (nSPS) is 24.0. The monoisotopic (exact) mass is 362 g/mol. The Balaban J connectivity index is 1.42. The number of anilines is 1. The molecule has 2 aliphatic rings. The highest BCUT2D eigenvalue weighted by atomic mass is 16.3. The van der Waals surface area contributed by atoms with E-state index in [1.54, 1.807) is 6.33 Å². The first kappa shape index (κ1) is 16.8. The van der Waals surface area contributed by atoms with Crippen molar-refractivity contribution in [3.63, 3.8) is 0 Å². The minimum absolute atomic E-state index is 0.112. The van der Waals surface area contributed by atoms with Crippen LogP contribution in [0.25, 0.3) is 11.0 Å². The lowest BCUT2D eigenvalue weighted by molar-refractivity contribution is 0.161. The van der Waals surface area contributed by atoms with E-state index < -0.39 is 6.35 Å². The van der Waals surface area contributed by atoms with Crippen molar-refractivity contribution in [2.24, 2.45) is 0 Å². The summed E-state index contributed by atoms with van der Waals surface area (Å²) in [4.78, 5) is 9.49. The number of aliphatic hydroxyl groups excluding tert-OH is 1. The number of hydrogen-bond acceptors (Lipinski definition) is 4. The van der Waals surface area contributed by atoms with Crippen LogP contribution in [0.15, 0.2) is 48.8 Å². The molecule has 1 aliphatic carbocycles. The maximum absolute atomic E-state index is 10.5. The van der Waals surface area contributed by atoms with E-state index in [0.29, 0.717) is 0 Å². The van der Waals surface area contributed by atoms with Gasteiger partial charge < -0.3 is 15.0 Å². The van der Waals surface area contributed by atoms with Crippen LogP contribution < -0.4 is 10.2 Å². The van der Waals surface area contributed by atoms with Crippen LogP contribution in [0, 0.1) is 0 Å². The van der Waals surface area contributed by atoms with E-state index in [1.165, 1.54) is 43.2 Å². The van der Waals surface area contributed by atoms with E-state index in [9.17, 15) is 5.11 Å². The zero-order valence-corrected chi connectivity index (χ0v) is 15.4. The number of aromatic amines is 1. The molecule has 2 heterocycles. The summed E-state index contributed by atoms with van der Waals surface area (Å²) >= 11 is 0. The fourth-order valence-corrected chi connectivity index (χ4v) is 4.69. The van der Waals surface area contributed by atoms with Crippen LogP contribution in [0.5, 0.6) is 0 Å². The van der Waals surface area contributed by atoms with Gasteiger partial charge in [-0.2, -0.15) is 0 Å². The van der Waals surface area contributed by atoms with E-state index in [1.807, 2.05) is 12.1 Å². The van der Waals surface area contributed by atoms with E-state index in [4.69, 9.17) is 0 Å².